The molecule has 4 heteroatoms. The van der Waals surface area contributed by atoms with Gasteiger partial charge in [0.25, 0.3) is 0 Å². The van der Waals surface area contributed by atoms with Crippen molar-refractivity contribution in [2.24, 2.45) is 0 Å². The summed E-state index contributed by atoms with van der Waals surface area (Å²) in [5.41, 5.74) is 15.0. The molecule has 0 radical (unpaired) electrons. The Kier molecular flexibility index (Phi) is 9.86. The van der Waals surface area contributed by atoms with E-state index in [1.807, 2.05) is 0 Å². The van der Waals surface area contributed by atoms with Crippen molar-refractivity contribution in [3.05, 3.63) is 74.3 Å². The Bertz CT molecular complexity index is 1640. The number of hydrogen-bond donors (Lipinski definition) is 2. The molecule has 2 N–H and O–H groups in total. The highest BCUT2D eigenvalue weighted by atomic mass is 31.2. The molecule has 1 aliphatic rings. The maximum Gasteiger partial charge on any atom is 0.391 e. The van der Waals surface area contributed by atoms with Crippen LogP contribution in [0.25, 0.3) is 22.3 Å². The lowest BCUT2D eigenvalue weighted by atomic mass is 9.63. The van der Waals surface area contributed by atoms with Crippen LogP contribution in [0.5, 0.6) is 5.75 Å². The van der Waals surface area contributed by atoms with Crippen LogP contribution >= 0.6 is 8.60 Å². The van der Waals surface area contributed by atoms with Crippen molar-refractivity contribution in [2.45, 2.75) is 177 Å². The van der Waals surface area contributed by atoms with Gasteiger partial charge in [-0.05, 0) is 101 Å². The second-order valence-electron chi connectivity index (χ2n) is 21.0. The number of rotatable bonds is 2. The van der Waals surface area contributed by atoms with Gasteiger partial charge >= 0.3 is 8.60 Å². The van der Waals surface area contributed by atoms with Gasteiger partial charge in [-0.25, -0.2) is 0 Å². The predicted molar refractivity (Wildman–Crippen MR) is 214 cm³/mol. The highest BCUT2D eigenvalue weighted by Gasteiger charge is 2.42. The van der Waals surface area contributed by atoms with E-state index >= 15 is 0 Å². The average molecular weight is 687 g/mol. The molecule has 270 valence electrons. The second-order valence-corrected chi connectivity index (χ2v) is 21.7. The Hall–Kier alpha value is -2.19. The molecule has 2 bridgehead atoms. The lowest BCUT2D eigenvalue weighted by Gasteiger charge is -2.42. The molecular weight excluding hydrogens is 619 g/mol. The first-order chi connectivity index (χ1) is 21.8. The largest absolute Gasteiger partial charge is 0.426 e. The molecule has 0 heterocycles. The molecule has 0 aliphatic heterocycles. The quantitative estimate of drug-likeness (QED) is 0.264. The smallest absolute Gasteiger partial charge is 0.391 e. The average Bonchev–Trinajstić information content (AvgIpc) is 2.87. The lowest BCUT2D eigenvalue weighted by Crippen LogP contribution is -2.27. The topological polar surface area (TPSA) is 49.7 Å². The van der Waals surface area contributed by atoms with E-state index in [1.165, 1.54) is 61.2 Å². The maximum atomic E-state index is 10.7. The van der Waals surface area contributed by atoms with Gasteiger partial charge in [0.1, 0.15) is 5.75 Å². The Morgan fingerprint density at radius 1 is 0.490 bits per heavy atom. The highest BCUT2D eigenvalue weighted by Crippen LogP contribution is 2.60. The fraction of sp³-hybridized carbons (Fsp3) is 0.600. The van der Waals surface area contributed by atoms with Crippen molar-refractivity contribution in [1.29, 1.82) is 0 Å². The van der Waals surface area contributed by atoms with E-state index in [2.05, 4.69) is 163 Å². The molecule has 0 spiro atoms. The van der Waals surface area contributed by atoms with Crippen LogP contribution in [0, 0.1) is 6.92 Å². The first-order valence-electron chi connectivity index (χ1n) is 18.3. The molecule has 3 aromatic carbocycles. The minimum Gasteiger partial charge on any atom is -0.426 e. The van der Waals surface area contributed by atoms with Gasteiger partial charge in [0.15, 0.2) is 0 Å². The van der Waals surface area contributed by atoms with Gasteiger partial charge in [-0.2, -0.15) is 0 Å². The minimum absolute atomic E-state index is 0.0508. The van der Waals surface area contributed by atoms with Crippen LogP contribution < -0.4 is 4.52 Å². The monoisotopic (exact) mass is 686 g/mol. The van der Waals surface area contributed by atoms with Crippen LogP contribution in [-0.4, -0.2) is 9.79 Å². The highest BCUT2D eigenvalue weighted by molar-refractivity contribution is 7.39. The minimum atomic E-state index is -2.68. The standard InChI is InChI=1S/C45H67O3P/c1-25-29-21-27(40(3,4)5)23-31(42(9,10)11)35(29)33-26(2)34(36-30(25)22-28(41(6,7)8)24-32(36)43(12,13)14)38(45(18,19)20)39(48-49(46)47)37(33)44(15,16)17/h21-25,46-47H,1-20H3. The normalized spacial score (nSPS) is 14.8. The third-order valence-electron chi connectivity index (χ3n) is 10.5. The Labute approximate surface area is 301 Å². The number of benzene rings is 3. The molecule has 0 amide bonds. The van der Waals surface area contributed by atoms with Crippen LogP contribution in [0.4, 0.5) is 0 Å². The van der Waals surface area contributed by atoms with Crippen LogP contribution in [0.1, 0.15) is 188 Å². The first-order valence-corrected chi connectivity index (χ1v) is 19.4. The molecule has 4 rings (SSSR count). The van der Waals surface area contributed by atoms with Gasteiger partial charge in [0.2, 0.25) is 0 Å². The van der Waals surface area contributed by atoms with E-state index in [0.717, 1.165) is 11.1 Å². The van der Waals surface area contributed by atoms with Crippen LogP contribution in [0.2, 0.25) is 0 Å². The molecule has 0 aromatic heterocycles. The molecule has 3 aromatic rings. The number of fused-ring (bicyclic) bond motifs is 6. The van der Waals surface area contributed by atoms with Gasteiger partial charge in [0, 0.05) is 17.0 Å². The Morgan fingerprint density at radius 3 is 1.06 bits per heavy atom. The van der Waals surface area contributed by atoms with E-state index in [9.17, 15) is 9.79 Å². The molecule has 0 saturated carbocycles. The van der Waals surface area contributed by atoms with E-state index in [1.54, 1.807) is 0 Å². The van der Waals surface area contributed by atoms with Crippen LogP contribution in [-0.2, 0) is 32.5 Å². The van der Waals surface area contributed by atoms with Crippen molar-refractivity contribution in [2.75, 3.05) is 0 Å². The van der Waals surface area contributed by atoms with Crippen LogP contribution in [0.3, 0.4) is 0 Å². The third kappa shape index (κ3) is 7.29. The van der Waals surface area contributed by atoms with Gasteiger partial charge in [-0.15, -0.1) is 0 Å². The van der Waals surface area contributed by atoms with E-state index in [4.69, 9.17) is 4.52 Å². The van der Waals surface area contributed by atoms with Gasteiger partial charge in [-0.1, -0.05) is 156 Å². The second kappa shape index (κ2) is 12.2. The Morgan fingerprint density at radius 2 is 0.816 bits per heavy atom. The van der Waals surface area contributed by atoms with Crippen molar-refractivity contribution in [1.82, 2.24) is 0 Å². The zero-order chi connectivity index (χ0) is 37.8. The fourth-order valence-electron chi connectivity index (χ4n) is 7.87. The van der Waals surface area contributed by atoms with Crippen molar-refractivity contribution in [3.8, 4) is 28.0 Å². The SMILES string of the molecule is Cc1c2c(C(C)(C)C)c(OP(O)O)c(C(C)(C)C)c1-c1c(cc(C(C)(C)C)cc1C(C)(C)C)C(C)c1cc(C(C)(C)C)cc(C(C)(C)C)c1-2. The summed E-state index contributed by atoms with van der Waals surface area (Å²) in [6.07, 6.45) is 0. The Balaban J connectivity index is 2.60. The number of hydrogen-bond acceptors (Lipinski definition) is 3. The van der Waals surface area contributed by atoms with Crippen molar-refractivity contribution >= 4 is 8.60 Å². The summed E-state index contributed by atoms with van der Waals surface area (Å²) in [7, 11) is -2.68. The summed E-state index contributed by atoms with van der Waals surface area (Å²) in [6, 6.07) is 9.88. The molecule has 49 heavy (non-hydrogen) atoms. The maximum absolute atomic E-state index is 10.7. The zero-order valence-corrected chi connectivity index (χ0v) is 35.5. The summed E-state index contributed by atoms with van der Waals surface area (Å²) in [4.78, 5) is 21.4. The van der Waals surface area contributed by atoms with E-state index in [-0.39, 0.29) is 38.4 Å². The summed E-state index contributed by atoms with van der Waals surface area (Å²) in [5.74, 6) is 0.713. The molecule has 1 aliphatic carbocycles. The van der Waals surface area contributed by atoms with Gasteiger partial charge in [-0.3, -0.25) is 0 Å². The molecular formula is C45H67O3P. The van der Waals surface area contributed by atoms with Crippen molar-refractivity contribution < 1.29 is 14.3 Å². The van der Waals surface area contributed by atoms with E-state index < -0.39 is 8.60 Å². The van der Waals surface area contributed by atoms with Crippen LogP contribution in [0.15, 0.2) is 24.3 Å². The van der Waals surface area contributed by atoms with Gasteiger partial charge in [0.05, 0.1) is 0 Å². The summed E-state index contributed by atoms with van der Waals surface area (Å²) >= 11 is 0. The zero-order valence-electron chi connectivity index (χ0n) is 34.6. The molecule has 0 atom stereocenters. The van der Waals surface area contributed by atoms with E-state index in [0.29, 0.717) is 5.75 Å². The first kappa shape index (κ1) is 39.6. The van der Waals surface area contributed by atoms with Crippen molar-refractivity contribution in [3.63, 3.8) is 0 Å². The van der Waals surface area contributed by atoms with Gasteiger partial charge < -0.3 is 14.3 Å². The molecule has 3 nitrogen and oxygen atoms in total. The molecule has 0 saturated heterocycles. The third-order valence-corrected chi connectivity index (χ3v) is 10.8. The summed E-state index contributed by atoms with van der Waals surface area (Å²) in [5, 5.41) is 0. The summed E-state index contributed by atoms with van der Waals surface area (Å²) in [6.45, 7) is 46.0. The molecule has 0 fully saturated rings. The predicted octanol–water partition coefficient (Wildman–Crippen LogP) is 13.2. The summed E-state index contributed by atoms with van der Waals surface area (Å²) < 4.78 is 6.38. The fourth-order valence-corrected chi connectivity index (χ4v) is 8.21. The lowest BCUT2D eigenvalue weighted by molar-refractivity contribution is 0.364. The molecule has 0 unspecified atom stereocenters.